The van der Waals surface area contributed by atoms with Crippen molar-refractivity contribution in [1.82, 2.24) is 24.5 Å². The maximum atomic E-state index is 13.8. The van der Waals surface area contributed by atoms with Gasteiger partial charge < -0.3 is 0 Å². The van der Waals surface area contributed by atoms with Crippen LogP contribution < -0.4 is 0 Å². The van der Waals surface area contributed by atoms with Crippen LogP contribution in [0.15, 0.2) is 42.6 Å². The van der Waals surface area contributed by atoms with Crippen molar-refractivity contribution in [3.63, 3.8) is 0 Å². The fraction of sp³-hybridized carbons (Fsp3) is 0.211. The molecule has 0 fully saturated rings. The predicted octanol–water partition coefficient (Wildman–Crippen LogP) is 4.38. The largest absolute Gasteiger partial charge is 0.272 e. The second-order valence-electron chi connectivity index (χ2n) is 6.20. The molecular weight excluding hydrogens is 336 g/mol. The van der Waals surface area contributed by atoms with Crippen molar-refractivity contribution in [3.8, 4) is 16.9 Å². The van der Waals surface area contributed by atoms with Crippen molar-refractivity contribution in [3.05, 3.63) is 59.5 Å². The first-order chi connectivity index (χ1) is 12.5. The molecule has 0 saturated carbocycles. The molecule has 3 aromatic heterocycles. The molecule has 0 aliphatic rings. The molecule has 0 N–H and O–H groups in total. The van der Waals surface area contributed by atoms with Gasteiger partial charge in [0.1, 0.15) is 0 Å². The third-order valence-electron chi connectivity index (χ3n) is 4.59. The van der Waals surface area contributed by atoms with E-state index in [-0.39, 0.29) is 5.56 Å². The lowest BCUT2D eigenvalue weighted by atomic mass is 10.1. The second kappa shape index (κ2) is 6.01. The highest BCUT2D eigenvalue weighted by molar-refractivity contribution is 5.86. The average Bonchev–Trinajstić information content (AvgIpc) is 3.15. The Balaban J connectivity index is 2.06. The monoisotopic (exact) mass is 353 g/mol. The Bertz CT molecular complexity index is 1100. The normalized spacial score (nSPS) is 11.6. The Morgan fingerprint density at radius 3 is 2.42 bits per heavy atom. The van der Waals surface area contributed by atoms with Crippen LogP contribution in [0.1, 0.15) is 23.4 Å². The molecule has 0 bridgehead atoms. The summed E-state index contributed by atoms with van der Waals surface area (Å²) < 4.78 is 30.9. The van der Waals surface area contributed by atoms with Crippen molar-refractivity contribution in [2.45, 2.75) is 20.3 Å². The van der Waals surface area contributed by atoms with Crippen molar-refractivity contribution < 1.29 is 8.78 Å². The zero-order chi connectivity index (χ0) is 18.4. The number of pyridine rings is 1. The Morgan fingerprint density at radius 2 is 1.81 bits per heavy atom. The van der Waals surface area contributed by atoms with Crippen molar-refractivity contribution in [1.29, 1.82) is 0 Å². The molecular formula is C19H17F2N5. The predicted molar refractivity (Wildman–Crippen MR) is 95.5 cm³/mol. The number of halogens is 2. The van der Waals surface area contributed by atoms with Gasteiger partial charge in [-0.2, -0.15) is 10.2 Å². The summed E-state index contributed by atoms with van der Waals surface area (Å²) in [6, 6.07) is 10.8. The van der Waals surface area contributed by atoms with Crippen molar-refractivity contribution in [2.24, 2.45) is 7.05 Å². The summed E-state index contributed by atoms with van der Waals surface area (Å²) in [7, 11) is 1.81. The molecule has 132 valence electrons. The molecule has 7 heteroatoms. The van der Waals surface area contributed by atoms with Gasteiger partial charge in [0.25, 0.3) is 6.43 Å². The first kappa shape index (κ1) is 16.4. The molecule has 4 aromatic rings. The molecule has 26 heavy (non-hydrogen) atoms. The van der Waals surface area contributed by atoms with Crippen LogP contribution in [0.25, 0.3) is 28.0 Å². The van der Waals surface area contributed by atoms with Gasteiger partial charge in [0.2, 0.25) is 0 Å². The van der Waals surface area contributed by atoms with Crippen LogP contribution in [-0.2, 0) is 7.05 Å². The van der Waals surface area contributed by atoms with Crippen LogP contribution in [-0.4, -0.2) is 24.5 Å². The lowest BCUT2D eigenvalue weighted by Gasteiger charge is -2.08. The van der Waals surface area contributed by atoms with Gasteiger partial charge in [0.15, 0.2) is 5.65 Å². The number of fused-ring (bicyclic) bond motifs is 1. The Kier molecular flexibility index (Phi) is 3.79. The van der Waals surface area contributed by atoms with Gasteiger partial charge in [-0.25, -0.2) is 18.4 Å². The number of benzene rings is 1. The standard InChI is InChI=1S/C19H17F2N5/c1-11-17-14(18(20)21)9-16(15-10-22-25(3)12(15)2)23-19(17)26(24-11)13-7-5-4-6-8-13/h4-10,18H,1-3H3. The van der Waals surface area contributed by atoms with E-state index in [9.17, 15) is 8.78 Å². The number of hydrogen-bond acceptors (Lipinski definition) is 3. The van der Waals surface area contributed by atoms with Crippen LogP contribution in [0, 0.1) is 13.8 Å². The summed E-state index contributed by atoms with van der Waals surface area (Å²) in [5.74, 6) is 0. The highest BCUT2D eigenvalue weighted by Gasteiger charge is 2.22. The van der Waals surface area contributed by atoms with E-state index in [1.54, 1.807) is 22.5 Å². The first-order valence-corrected chi connectivity index (χ1v) is 8.20. The van der Waals surface area contributed by atoms with E-state index < -0.39 is 6.43 Å². The summed E-state index contributed by atoms with van der Waals surface area (Å²) >= 11 is 0. The molecule has 1 aromatic carbocycles. The summed E-state index contributed by atoms with van der Waals surface area (Å²) in [6.07, 6.45) is -0.974. The summed E-state index contributed by atoms with van der Waals surface area (Å²) in [5, 5.41) is 9.06. The van der Waals surface area contributed by atoms with Gasteiger partial charge in [0, 0.05) is 23.9 Å². The molecule has 0 aliphatic heterocycles. The molecule has 4 rings (SSSR count). The van der Waals surface area contributed by atoms with Crippen LogP contribution in [0.5, 0.6) is 0 Å². The van der Waals surface area contributed by atoms with Gasteiger partial charge in [-0.1, -0.05) is 18.2 Å². The molecule has 0 saturated heterocycles. The maximum Gasteiger partial charge on any atom is 0.264 e. The highest BCUT2D eigenvalue weighted by atomic mass is 19.3. The minimum absolute atomic E-state index is 0.0621. The third kappa shape index (κ3) is 2.47. The third-order valence-corrected chi connectivity index (χ3v) is 4.59. The van der Waals surface area contributed by atoms with E-state index in [1.807, 2.05) is 44.3 Å². The first-order valence-electron chi connectivity index (χ1n) is 8.20. The average molecular weight is 353 g/mol. The van der Waals surface area contributed by atoms with E-state index in [0.717, 1.165) is 16.9 Å². The number of rotatable bonds is 3. The molecule has 3 heterocycles. The van der Waals surface area contributed by atoms with Crippen LogP contribution >= 0.6 is 0 Å². The summed E-state index contributed by atoms with van der Waals surface area (Å²) in [4.78, 5) is 4.67. The fourth-order valence-corrected chi connectivity index (χ4v) is 3.13. The summed E-state index contributed by atoms with van der Waals surface area (Å²) in [5.41, 5.74) is 3.72. The molecule has 0 aliphatic carbocycles. The maximum absolute atomic E-state index is 13.8. The van der Waals surface area contributed by atoms with E-state index in [0.29, 0.717) is 22.4 Å². The van der Waals surface area contributed by atoms with Gasteiger partial charge in [0.05, 0.1) is 28.7 Å². The minimum Gasteiger partial charge on any atom is -0.272 e. The van der Waals surface area contributed by atoms with Crippen molar-refractivity contribution >= 4 is 11.0 Å². The lowest BCUT2D eigenvalue weighted by Crippen LogP contribution is -2.00. The zero-order valence-corrected chi connectivity index (χ0v) is 14.6. The quantitative estimate of drug-likeness (QED) is 0.549. The van der Waals surface area contributed by atoms with Crippen LogP contribution in [0.2, 0.25) is 0 Å². The molecule has 0 atom stereocenters. The smallest absolute Gasteiger partial charge is 0.264 e. The van der Waals surface area contributed by atoms with Gasteiger partial charge >= 0.3 is 0 Å². The number of hydrogen-bond donors (Lipinski definition) is 0. The van der Waals surface area contributed by atoms with E-state index >= 15 is 0 Å². The van der Waals surface area contributed by atoms with E-state index in [1.165, 1.54) is 6.07 Å². The Morgan fingerprint density at radius 1 is 1.08 bits per heavy atom. The van der Waals surface area contributed by atoms with Crippen molar-refractivity contribution in [2.75, 3.05) is 0 Å². The topological polar surface area (TPSA) is 48.5 Å². The highest BCUT2D eigenvalue weighted by Crippen LogP contribution is 2.34. The zero-order valence-electron chi connectivity index (χ0n) is 14.6. The number of aromatic nitrogens is 5. The number of aryl methyl sites for hydroxylation is 2. The van der Waals surface area contributed by atoms with E-state index in [4.69, 9.17) is 0 Å². The number of alkyl halides is 2. The molecule has 0 amide bonds. The fourth-order valence-electron chi connectivity index (χ4n) is 3.13. The SMILES string of the molecule is Cc1nn(-c2ccccc2)c2nc(-c3cnn(C)c3C)cc(C(F)F)c12. The Hall–Kier alpha value is -3.09. The molecule has 5 nitrogen and oxygen atoms in total. The van der Waals surface area contributed by atoms with E-state index in [2.05, 4.69) is 15.2 Å². The van der Waals surface area contributed by atoms with Crippen LogP contribution in [0.3, 0.4) is 0 Å². The minimum atomic E-state index is -2.62. The second-order valence-corrected chi connectivity index (χ2v) is 6.20. The lowest BCUT2D eigenvalue weighted by molar-refractivity contribution is 0.153. The Labute approximate surface area is 148 Å². The summed E-state index contributed by atoms with van der Waals surface area (Å²) in [6.45, 7) is 3.61. The number of para-hydroxylation sites is 1. The molecule has 0 radical (unpaired) electrons. The van der Waals surface area contributed by atoms with Crippen LogP contribution in [0.4, 0.5) is 8.78 Å². The molecule has 0 spiro atoms. The number of nitrogens with zero attached hydrogens (tertiary/aromatic N) is 5. The van der Waals surface area contributed by atoms with Gasteiger partial charge in [-0.3, -0.25) is 4.68 Å². The molecule has 0 unspecified atom stereocenters. The van der Waals surface area contributed by atoms with Gasteiger partial charge in [-0.15, -0.1) is 0 Å². The van der Waals surface area contributed by atoms with Gasteiger partial charge in [-0.05, 0) is 32.0 Å².